The molecule has 1 N–H and O–H groups in total. The van der Waals surface area contributed by atoms with E-state index in [1.807, 2.05) is 25.2 Å². The van der Waals surface area contributed by atoms with Crippen LogP contribution in [0.3, 0.4) is 0 Å². The molecule has 0 bridgehead atoms. The Morgan fingerprint density at radius 2 is 2.64 bits per heavy atom. The van der Waals surface area contributed by atoms with E-state index < -0.39 is 0 Å². The summed E-state index contributed by atoms with van der Waals surface area (Å²) in [7, 11) is 1.94. The van der Waals surface area contributed by atoms with Crippen LogP contribution in [0.4, 0.5) is 0 Å². The molecule has 0 unspecified atom stereocenters. The van der Waals surface area contributed by atoms with Gasteiger partial charge in [0.05, 0.1) is 6.04 Å². The minimum absolute atomic E-state index is 0.361. The summed E-state index contributed by atoms with van der Waals surface area (Å²) in [6.45, 7) is 0.740. The Morgan fingerprint density at radius 1 is 1.73 bits per heavy atom. The molecule has 1 radical (unpaired) electrons. The van der Waals surface area contributed by atoms with Gasteiger partial charge in [0.1, 0.15) is 12.4 Å². The summed E-state index contributed by atoms with van der Waals surface area (Å²) < 4.78 is 5.41. The second-order valence-electron chi connectivity index (χ2n) is 2.62. The fourth-order valence-electron chi connectivity index (χ4n) is 1.34. The van der Waals surface area contributed by atoms with Crippen molar-refractivity contribution < 1.29 is 4.74 Å². The van der Waals surface area contributed by atoms with E-state index in [0.717, 1.165) is 12.4 Å². The maximum atomic E-state index is 5.41. The molecule has 1 aromatic carbocycles. The van der Waals surface area contributed by atoms with Gasteiger partial charge in [0, 0.05) is 5.56 Å². The number of hydrogen-bond donors (Lipinski definition) is 1. The van der Waals surface area contributed by atoms with Gasteiger partial charge in [-0.3, -0.25) is 0 Å². The molecule has 0 fully saturated rings. The molecule has 0 spiro atoms. The second kappa shape index (κ2) is 2.55. The molecule has 1 aromatic rings. The zero-order valence-corrected chi connectivity index (χ0v) is 6.42. The molecule has 2 rings (SSSR count). The zero-order chi connectivity index (χ0) is 7.68. The van der Waals surface area contributed by atoms with E-state index in [-0.39, 0.29) is 0 Å². The number of likely N-dealkylation sites (N-methyl/N-ethyl adjacent to an activating group) is 1. The summed E-state index contributed by atoms with van der Waals surface area (Å²) in [5.41, 5.74) is 1.24. The molecular weight excluding hydrogens is 138 g/mol. The second-order valence-corrected chi connectivity index (χ2v) is 2.62. The van der Waals surface area contributed by atoms with Gasteiger partial charge in [0.2, 0.25) is 0 Å². The van der Waals surface area contributed by atoms with E-state index in [9.17, 15) is 0 Å². The summed E-state index contributed by atoms with van der Waals surface area (Å²) >= 11 is 0. The molecule has 1 aliphatic heterocycles. The van der Waals surface area contributed by atoms with E-state index in [2.05, 4.69) is 11.4 Å². The predicted molar refractivity (Wildman–Crippen MR) is 42.6 cm³/mol. The molecule has 1 heterocycles. The summed E-state index contributed by atoms with van der Waals surface area (Å²) in [5, 5.41) is 3.18. The third-order valence-corrected chi connectivity index (χ3v) is 1.99. The molecule has 2 nitrogen and oxygen atoms in total. The van der Waals surface area contributed by atoms with Gasteiger partial charge in [0.25, 0.3) is 0 Å². The lowest BCUT2D eigenvalue weighted by Crippen LogP contribution is -2.16. The highest BCUT2D eigenvalue weighted by Gasteiger charge is 2.20. The molecule has 0 aliphatic carbocycles. The highest BCUT2D eigenvalue weighted by molar-refractivity contribution is 5.38. The largest absolute Gasteiger partial charge is 0.491 e. The number of hydrogen-bond acceptors (Lipinski definition) is 2. The minimum Gasteiger partial charge on any atom is -0.491 e. The van der Waals surface area contributed by atoms with Gasteiger partial charge in [-0.1, -0.05) is 12.1 Å². The summed E-state index contributed by atoms with van der Waals surface area (Å²) in [4.78, 5) is 0. The van der Waals surface area contributed by atoms with Crippen LogP contribution in [0.2, 0.25) is 0 Å². The molecule has 57 valence electrons. The van der Waals surface area contributed by atoms with E-state index in [1.54, 1.807) is 0 Å². The van der Waals surface area contributed by atoms with Crippen molar-refractivity contribution in [3.05, 3.63) is 29.8 Å². The fraction of sp³-hybridized carbons (Fsp3) is 0.333. The monoisotopic (exact) mass is 148 g/mol. The zero-order valence-electron chi connectivity index (χ0n) is 6.42. The first-order chi connectivity index (χ1) is 5.42. The maximum Gasteiger partial charge on any atom is 0.124 e. The van der Waals surface area contributed by atoms with Gasteiger partial charge >= 0.3 is 0 Å². The lowest BCUT2D eigenvalue weighted by molar-refractivity contribution is 0.318. The van der Waals surface area contributed by atoms with Crippen LogP contribution in [0.5, 0.6) is 5.75 Å². The average molecular weight is 148 g/mol. The smallest absolute Gasteiger partial charge is 0.124 e. The normalized spacial score (nSPS) is 21.0. The molecule has 2 heteroatoms. The first kappa shape index (κ1) is 6.68. The van der Waals surface area contributed by atoms with Crippen molar-refractivity contribution in [2.75, 3.05) is 13.7 Å². The van der Waals surface area contributed by atoms with Crippen molar-refractivity contribution in [2.24, 2.45) is 0 Å². The van der Waals surface area contributed by atoms with Crippen LogP contribution in [0.25, 0.3) is 0 Å². The highest BCUT2D eigenvalue weighted by Crippen LogP contribution is 2.30. The highest BCUT2D eigenvalue weighted by atomic mass is 16.5. The summed E-state index contributed by atoms with van der Waals surface area (Å²) in [6, 6.07) is 9.19. The SMILES string of the molecule is CN[C@@H]1COc2c[c]ccc21. The van der Waals surface area contributed by atoms with Gasteiger partial charge in [-0.25, -0.2) is 0 Å². The van der Waals surface area contributed by atoms with Gasteiger partial charge in [-0.2, -0.15) is 0 Å². The molecule has 1 atom stereocenters. The lowest BCUT2D eigenvalue weighted by atomic mass is 10.1. The molecule has 0 saturated carbocycles. The number of rotatable bonds is 1. The summed E-state index contributed by atoms with van der Waals surface area (Å²) in [5.74, 6) is 0.965. The topological polar surface area (TPSA) is 21.3 Å². The van der Waals surface area contributed by atoms with E-state index >= 15 is 0 Å². The van der Waals surface area contributed by atoms with Gasteiger partial charge in [0.15, 0.2) is 0 Å². The van der Waals surface area contributed by atoms with E-state index in [1.165, 1.54) is 5.56 Å². The standard InChI is InChI=1S/C9H10NO/c1-10-8-6-11-9-5-3-2-4-7(8)9/h2,4-5,8,10H,6H2,1H3/t8-/m1/s1. The Kier molecular flexibility index (Phi) is 1.55. The predicted octanol–water partition coefficient (Wildman–Crippen LogP) is 1.14. The van der Waals surface area contributed by atoms with Crippen LogP contribution in [0, 0.1) is 6.07 Å². The van der Waals surface area contributed by atoms with Gasteiger partial charge in [-0.05, 0) is 19.2 Å². The fourth-order valence-corrected chi connectivity index (χ4v) is 1.34. The van der Waals surface area contributed by atoms with Gasteiger partial charge in [-0.15, -0.1) is 0 Å². The van der Waals surface area contributed by atoms with Crippen molar-refractivity contribution in [1.29, 1.82) is 0 Å². The Balaban J connectivity index is 2.39. The number of nitrogens with one attached hydrogen (secondary N) is 1. The molecular formula is C9H10NO. The summed E-state index contributed by atoms with van der Waals surface area (Å²) in [6.07, 6.45) is 0. The van der Waals surface area contributed by atoms with Crippen molar-refractivity contribution in [3.63, 3.8) is 0 Å². The number of fused-ring (bicyclic) bond motifs is 1. The Labute approximate surface area is 66.2 Å². The van der Waals surface area contributed by atoms with Crippen LogP contribution in [-0.2, 0) is 0 Å². The van der Waals surface area contributed by atoms with Crippen LogP contribution in [-0.4, -0.2) is 13.7 Å². The lowest BCUT2D eigenvalue weighted by Gasteiger charge is -2.04. The third-order valence-electron chi connectivity index (χ3n) is 1.99. The molecule has 0 saturated heterocycles. The van der Waals surface area contributed by atoms with Crippen LogP contribution in [0.1, 0.15) is 11.6 Å². The first-order valence-electron chi connectivity index (χ1n) is 3.72. The molecule has 0 amide bonds. The van der Waals surface area contributed by atoms with Crippen molar-refractivity contribution in [2.45, 2.75) is 6.04 Å². The first-order valence-corrected chi connectivity index (χ1v) is 3.72. The molecule has 0 aromatic heterocycles. The van der Waals surface area contributed by atoms with Crippen molar-refractivity contribution >= 4 is 0 Å². The quantitative estimate of drug-likeness (QED) is 0.644. The minimum atomic E-state index is 0.361. The average Bonchev–Trinajstić information content (AvgIpc) is 2.47. The van der Waals surface area contributed by atoms with Crippen LogP contribution < -0.4 is 10.1 Å². The number of ether oxygens (including phenoxy) is 1. The molecule has 11 heavy (non-hydrogen) atoms. The van der Waals surface area contributed by atoms with Crippen molar-refractivity contribution in [3.8, 4) is 5.75 Å². The third kappa shape index (κ3) is 0.994. The van der Waals surface area contributed by atoms with E-state index in [0.29, 0.717) is 6.04 Å². The van der Waals surface area contributed by atoms with Crippen molar-refractivity contribution in [1.82, 2.24) is 5.32 Å². The van der Waals surface area contributed by atoms with Crippen LogP contribution in [0.15, 0.2) is 18.2 Å². The van der Waals surface area contributed by atoms with Crippen LogP contribution >= 0.6 is 0 Å². The number of benzene rings is 1. The van der Waals surface area contributed by atoms with E-state index in [4.69, 9.17) is 4.74 Å². The Hall–Kier alpha value is -1.02. The Morgan fingerprint density at radius 3 is 3.45 bits per heavy atom. The Bertz CT molecular complexity index is 259. The maximum absolute atomic E-state index is 5.41. The van der Waals surface area contributed by atoms with Gasteiger partial charge < -0.3 is 10.1 Å². The molecule has 1 aliphatic rings.